The molecule has 0 saturated carbocycles. The minimum absolute atomic E-state index is 0.223. The summed E-state index contributed by atoms with van der Waals surface area (Å²) in [5.74, 6) is 0.974. The molecule has 33 heavy (non-hydrogen) atoms. The number of carbonyl (C=O) groups is 1. The van der Waals surface area contributed by atoms with E-state index in [1.54, 1.807) is 38.4 Å². The van der Waals surface area contributed by atoms with Crippen molar-refractivity contribution in [2.75, 3.05) is 19.5 Å². The van der Waals surface area contributed by atoms with Crippen LogP contribution in [0, 0.1) is 6.92 Å². The average molecular weight is 443 g/mol. The second kappa shape index (κ2) is 9.16. The number of anilines is 1. The van der Waals surface area contributed by atoms with Gasteiger partial charge in [-0.25, -0.2) is 9.78 Å². The van der Waals surface area contributed by atoms with Crippen LogP contribution >= 0.6 is 0 Å². The fourth-order valence-corrected chi connectivity index (χ4v) is 3.68. The molecule has 0 saturated heterocycles. The second-order valence-corrected chi connectivity index (χ2v) is 7.88. The third kappa shape index (κ3) is 4.30. The van der Waals surface area contributed by atoms with Gasteiger partial charge in [0.1, 0.15) is 11.6 Å². The number of carbonyl (C=O) groups excluding carboxylic acids is 1. The number of nitrogens with one attached hydrogen (secondary N) is 1. The zero-order valence-electron chi connectivity index (χ0n) is 19.1. The van der Waals surface area contributed by atoms with Gasteiger partial charge in [-0.15, -0.1) is 0 Å². The molecule has 0 aliphatic heterocycles. The summed E-state index contributed by atoms with van der Waals surface area (Å²) in [4.78, 5) is 32.9. The van der Waals surface area contributed by atoms with Crippen LogP contribution in [0.1, 0.15) is 24.4 Å². The van der Waals surface area contributed by atoms with E-state index in [4.69, 9.17) is 9.72 Å². The predicted octanol–water partition coefficient (Wildman–Crippen LogP) is 4.93. The molecule has 1 unspecified atom stereocenters. The monoisotopic (exact) mass is 442 g/mol. The summed E-state index contributed by atoms with van der Waals surface area (Å²) in [5, 5.41) is 3.39. The number of aromatic nitrogens is 2. The highest BCUT2D eigenvalue weighted by atomic mass is 16.5. The molecule has 1 aromatic heterocycles. The molecule has 2 amide bonds. The lowest BCUT2D eigenvalue weighted by molar-refractivity contribution is 0.205. The molecular weight excluding hydrogens is 416 g/mol. The number of amides is 2. The maximum absolute atomic E-state index is 13.6. The Hall–Kier alpha value is -4.13. The number of urea groups is 1. The van der Waals surface area contributed by atoms with Crippen LogP contribution in [-0.2, 0) is 0 Å². The number of methoxy groups -OCH3 is 1. The maximum atomic E-state index is 13.6. The number of nitrogens with zero attached hydrogens (tertiary/aromatic N) is 3. The van der Waals surface area contributed by atoms with Crippen LogP contribution in [0.5, 0.6) is 5.75 Å². The number of hydrogen-bond donors (Lipinski definition) is 1. The highest BCUT2D eigenvalue weighted by molar-refractivity contribution is 5.89. The van der Waals surface area contributed by atoms with Gasteiger partial charge >= 0.3 is 6.03 Å². The number of fused-ring (bicyclic) bond motifs is 1. The quantitative estimate of drug-likeness (QED) is 0.476. The summed E-state index contributed by atoms with van der Waals surface area (Å²) in [5.41, 5.74) is 2.72. The first-order valence-electron chi connectivity index (χ1n) is 10.7. The van der Waals surface area contributed by atoms with Crippen molar-refractivity contribution >= 4 is 22.6 Å². The van der Waals surface area contributed by atoms with E-state index in [0.717, 1.165) is 5.56 Å². The van der Waals surface area contributed by atoms with Gasteiger partial charge in [-0.05, 0) is 50.2 Å². The number of rotatable bonds is 5. The molecule has 1 atom stereocenters. The lowest BCUT2D eigenvalue weighted by atomic mass is 10.2. The fourth-order valence-electron chi connectivity index (χ4n) is 3.68. The minimum atomic E-state index is -0.516. The smallest absolute Gasteiger partial charge is 0.322 e. The molecule has 0 aliphatic rings. The Morgan fingerprint density at radius 2 is 1.70 bits per heavy atom. The fraction of sp³-hybridized carbons (Fsp3) is 0.192. The average Bonchev–Trinajstić information content (AvgIpc) is 2.84. The molecule has 7 nitrogen and oxygen atoms in total. The first kappa shape index (κ1) is 22.1. The molecule has 168 valence electrons. The highest BCUT2D eigenvalue weighted by Gasteiger charge is 2.25. The standard InChI is InChI=1S/C26H26N4O3/c1-17-13-15-19(16-14-17)27-26(32)29(3)18(2)24-28-21-10-6-5-9-20(21)25(31)30(24)22-11-7-8-12-23(22)33-4/h5-16,18H,1-4H3,(H,27,32). The van der Waals surface area contributed by atoms with Crippen LogP contribution in [0.3, 0.4) is 0 Å². The first-order chi connectivity index (χ1) is 15.9. The molecule has 0 bridgehead atoms. The lowest BCUT2D eigenvalue weighted by Crippen LogP contribution is -2.37. The van der Waals surface area contributed by atoms with Gasteiger partial charge in [0.15, 0.2) is 0 Å². The number of para-hydroxylation sites is 3. The molecular formula is C26H26N4O3. The van der Waals surface area contributed by atoms with Crippen LogP contribution in [0.15, 0.2) is 77.6 Å². The van der Waals surface area contributed by atoms with E-state index in [1.165, 1.54) is 9.47 Å². The van der Waals surface area contributed by atoms with E-state index in [2.05, 4.69) is 5.32 Å². The molecule has 4 rings (SSSR count). The lowest BCUT2D eigenvalue weighted by Gasteiger charge is -2.27. The van der Waals surface area contributed by atoms with E-state index in [1.807, 2.05) is 62.4 Å². The molecule has 0 spiro atoms. The van der Waals surface area contributed by atoms with Crippen molar-refractivity contribution in [1.29, 1.82) is 0 Å². The van der Waals surface area contributed by atoms with E-state index < -0.39 is 6.04 Å². The minimum Gasteiger partial charge on any atom is -0.495 e. The van der Waals surface area contributed by atoms with Crippen molar-refractivity contribution < 1.29 is 9.53 Å². The van der Waals surface area contributed by atoms with Gasteiger partial charge in [0.2, 0.25) is 0 Å². The Balaban J connectivity index is 1.81. The molecule has 1 N–H and O–H groups in total. The van der Waals surface area contributed by atoms with Gasteiger partial charge in [0, 0.05) is 12.7 Å². The highest BCUT2D eigenvalue weighted by Crippen LogP contribution is 2.27. The van der Waals surface area contributed by atoms with Crippen LogP contribution in [0.2, 0.25) is 0 Å². The zero-order valence-corrected chi connectivity index (χ0v) is 19.1. The maximum Gasteiger partial charge on any atom is 0.322 e. The third-order valence-electron chi connectivity index (χ3n) is 5.71. The Morgan fingerprint density at radius 3 is 2.42 bits per heavy atom. The van der Waals surface area contributed by atoms with E-state index in [0.29, 0.717) is 33.9 Å². The molecule has 0 fully saturated rings. The van der Waals surface area contributed by atoms with Crippen molar-refractivity contribution in [3.63, 3.8) is 0 Å². The van der Waals surface area contributed by atoms with Crippen LogP contribution < -0.4 is 15.6 Å². The SMILES string of the molecule is COc1ccccc1-n1c(C(C)N(C)C(=O)Nc2ccc(C)cc2)nc2ccccc2c1=O. The number of hydrogen-bond acceptors (Lipinski definition) is 4. The normalized spacial score (nSPS) is 11.8. The van der Waals surface area contributed by atoms with Gasteiger partial charge in [-0.1, -0.05) is 42.0 Å². The molecule has 1 heterocycles. The molecule has 4 aromatic rings. The molecule has 3 aromatic carbocycles. The third-order valence-corrected chi connectivity index (χ3v) is 5.71. The van der Waals surface area contributed by atoms with Crippen molar-refractivity contribution in [2.24, 2.45) is 0 Å². The molecule has 0 radical (unpaired) electrons. The van der Waals surface area contributed by atoms with Gasteiger partial charge in [0.25, 0.3) is 5.56 Å². The summed E-state index contributed by atoms with van der Waals surface area (Å²) in [6.07, 6.45) is 0. The van der Waals surface area contributed by atoms with E-state index in [9.17, 15) is 9.59 Å². The summed E-state index contributed by atoms with van der Waals surface area (Å²) in [7, 11) is 3.24. The van der Waals surface area contributed by atoms with E-state index >= 15 is 0 Å². The van der Waals surface area contributed by atoms with Gasteiger partial charge in [0.05, 0.1) is 29.7 Å². The number of ether oxygens (including phenoxy) is 1. The topological polar surface area (TPSA) is 76.5 Å². The summed E-state index contributed by atoms with van der Waals surface area (Å²) in [6.45, 7) is 3.83. The van der Waals surface area contributed by atoms with Gasteiger partial charge in [-0.3, -0.25) is 9.36 Å². The van der Waals surface area contributed by atoms with Crippen molar-refractivity contribution in [3.05, 3.63) is 94.5 Å². The first-order valence-corrected chi connectivity index (χ1v) is 10.7. The molecule has 7 heteroatoms. The van der Waals surface area contributed by atoms with Crippen molar-refractivity contribution in [2.45, 2.75) is 19.9 Å². The summed E-state index contributed by atoms with van der Waals surface area (Å²) < 4.78 is 7.05. The largest absolute Gasteiger partial charge is 0.495 e. The Morgan fingerprint density at radius 1 is 1.03 bits per heavy atom. The predicted molar refractivity (Wildman–Crippen MR) is 130 cm³/mol. The summed E-state index contributed by atoms with van der Waals surface area (Å²) >= 11 is 0. The number of aryl methyl sites for hydroxylation is 1. The number of benzene rings is 3. The van der Waals surface area contributed by atoms with Crippen molar-refractivity contribution in [1.82, 2.24) is 14.5 Å². The van der Waals surface area contributed by atoms with E-state index in [-0.39, 0.29) is 11.6 Å². The van der Waals surface area contributed by atoms with Gasteiger partial charge in [-0.2, -0.15) is 0 Å². The zero-order chi connectivity index (χ0) is 23.5. The Kier molecular flexibility index (Phi) is 6.13. The summed E-state index contributed by atoms with van der Waals surface area (Å²) in [6, 6.07) is 21.2. The molecule has 0 aliphatic carbocycles. The van der Waals surface area contributed by atoms with Gasteiger partial charge < -0.3 is 15.0 Å². The van der Waals surface area contributed by atoms with Crippen molar-refractivity contribution in [3.8, 4) is 11.4 Å². The Labute approximate surface area is 192 Å². The van der Waals surface area contributed by atoms with Crippen LogP contribution in [0.25, 0.3) is 16.6 Å². The second-order valence-electron chi connectivity index (χ2n) is 7.88. The van der Waals surface area contributed by atoms with Crippen LogP contribution in [-0.4, -0.2) is 34.6 Å². The Bertz CT molecular complexity index is 1360. The van der Waals surface area contributed by atoms with Crippen LogP contribution in [0.4, 0.5) is 10.5 Å².